The van der Waals surface area contributed by atoms with E-state index in [-0.39, 0.29) is 24.3 Å². The predicted octanol–water partition coefficient (Wildman–Crippen LogP) is 4.27. The minimum Gasteiger partial charge on any atom is -0.493 e. The van der Waals surface area contributed by atoms with Crippen molar-refractivity contribution >= 4 is 23.4 Å². The van der Waals surface area contributed by atoms with Crippen molar-refractivity contribution in [2.45, 2.75) is 39.8 Å². The lowest BCUT2D eigenvalue weighted by atomic mass is 10.0. The molecule has 0 aliphatic carbocycles. The van der Waals surface area contributed by atoms with Crippen molar-refractivity contribution in [2.75, 3.05) is 13.7 Å². The van der Waals surface area contributed by atoms with Gasteiger partial charge < -0.3 is 20.1 Å². The van der Waals surface area contributed by atoms with Gasteiger partial charge in [-0.05, 0) is 36.1 Å². The molecular weight excluding hydrogens is 404 g/mol. The van der Waals surface area contributed by atoms with Gasteiger partial charge in [0.1, 0.15) is 6.04 Å². The van der Waals surface area contributed by atoms with Gasteiger partial charge in [0.15, 0.2) is 11.5 Å². The van der Waals surface area contributed by atoms with Crippen molar-refractivity contribution in [2.24, 2.45) is 5.92 Å². The van der Waals surface area contributed by atoms with E-state index in [1.807, 2.05) is 51.1 Å². The van der Waals surface area contributed by atoms with Crippen LogP contribution >= 0.6 is 11.6 Å². The zero-order valence-electron chi connectivity index (χ0n) is 17.8. The maximum Gasteiger partial charge on any atom is 0.247 e. The number of nitrogens with one attached hydrogen (secondary N) is 2. The van der Waals surface area contributed by atoms with Crippen LogP contribution < -0.4 is 20.1 Å². The number of ether oxygens (including phenoxy) is 2. The van der Waals surface area contributed by atoms with Crippen LogP contribution in [-0.4, -0.2) is 25.5 Å². The van der Waals surface area contributed by atoms with Gasteiger partial charge in [-0.3, -0.25) is 9.59 Å². The number of hydrogen-bond acceptors (Lipinski definition) is 4. The number of benzene rings is 2. The molecule has 2 aromatic rings. The lowest BCUT2D eigenvalue weighted by Gasteiger charge is -2.20. The van der Waals surface area contributed by atoms with E-state index in [2.05, 4.69) is 10.6 Å². The first-order chi connectivity index (χ1) is 14.3. The molecule has 0 radical (unpaired) electrons. The van der Waals surface area contributed by atoms with E-state index in [9.17, 15) is 9.59 Å². The standard InChI is InChI=1S/C23H29ClN2O4/c1-5-30-22-18(24)12-16(13-19(22)29-4)14-25-23(28)21(17-9-7-6-8-10-17)26-20(27)11-15(2)3/h6-10,12-13,15,21H,5,11,14H2,1-4H3,(H,25,28)(H,26,27). The molecule has 2 N–H and O–H groups in total. The maximum atomic E-state index is 12.9. The Morgan fingerprint density at radius 3 is 2.43 bits per heavy atom. The molecule has 1 atom stereocenters. The monoisotopic (exact) mass is 432 g/mol. The van der Waals surface area contributed by atoms with Crippen molar-refractivity contribution in [3.8, 4) is 11.5 Å². The Balaban J connectivity index is 2.15. The Hall–Kier alpha value is -2.73. The smallest absolute Gasteiger partial charge is 0.247 e. The van der Waals surface area contributed by atoms with Crippen LogP contribution in [0.4, 0.5) is 0 Å². The summed E-state index contributed by atoms with van der Waals surface area (Å²) in [5, 5.41) is 6.12. The predicted molar refractivity (Wildman–Crippen MR) is 118 cm³/mol. The Kier molecular flexibility index (Phi) is 8.99. The molecule has 0 aliphatic heterocycles. The van der Waals surface area contributed by atoms with Crippen LogP contribution in [0, 0.1) is 5.92 Å². The summed E-state index contributed by atoms with van der Waals surface area (Å²) in [4.78, 5) is 25.2. The molecule has 2 rings (SSSR count). The fourth-order valence-corrected chi connectivity index (χ4v) is 3.28. The first-order valence-electron chi connectivity index (χ1n) is 9.96. The third kappa shape index (κ3) is 6.66. The number of rotatable bonds is 10. The minimum atomic E-state index is -0.780. The van der Waals surface area contributed by atoms with Gasteiger partial charge in [0.25, 0.3) is 0 Å². The molecule has 0 heterocycles. The lowest BCUT2D eigenvalue weighted by molar-refractivity contribution is -0.129. The summed E-state index contributed by atoms with van der Waals surface area (Å²) in [6, 6.07) is 11.9. The summed E-state index contributed by atoms with van der Waals surface area (Å²) in [6.45, 7) is 6.47. The molecule has 0 saturated carbocycles. The molecule has 1 unspecified atom stereocenters. The van der Waals surface area contributed by atoms with Crippen LogP contribution in [-0.2, 0) is 16.1 Å². The van der Waals surface area contributed by atoms with Crippen molar-refractivity contribution in [1.29, 1.82) is 0 Å². The summed E-state index contributed by atoms with van der Waals surface area (Å²) >= 11 is 6.31. The van der Waals surface area contributed by atoms with Crippen molar-refractivity contribution in [1.82, 2.24) is 10.6 Å². The molecule has 0 aromatic heterocycles. The molecule has 162 valence electrons. The molecule has 2 amide bonds. The number of carbonyl (C=O) groups is 2. The molecule has 30 heavy (non-hydrogen) atoms. The Morgan fingerprint density at radius 2 is 1.83 bits per heavy atom. The SMILES string of the molecule is CCOc1c(Cl)cc(CNC(=O)C(NC(=O)CC(C)C)c2ccccc2)cc1OC. The highest BCUT2D eigenvalue weighted by molar-refractivity contribution is 6.32. The Labute approximate surface area is 182 Å². The van der Waals surface area contributed by atoms with Crippen LogP contribution in [0.3, 0.4) is 0 Å². The third-order valence-electron chi connectivity index (χ3n) is 4.34. The summed E-state index contributed by atoms with van der Waals surface area (Å²) in [7, 11) is 1.53. The molecule has 0 aliphatic rings. The topological polar surface area (TPSA) is 76.7 Å². The number of amides is 2. The first kappa shape index (κ1) is 23.5. The van der Waals surface area contributed by atoms with Crippen LogP contribution in [0.2, 0.25) is 5.02 Å². The highest BCUT2D eigenvalue weighted by Crippen LogP contribution is 2.36. The number of hydrogen-bond donors (Lipinski definition) is 2. The van der Waals surface area contributed by atoms with Gasteiger partial charge in [-0.1, -0.05) is 55.8 Å². The van der Waals surface area contributed by atoms with Crippen molar-refractivity contribution < 1.29 is 19.1 Å². The number of methoxy groups -OCH3 is 1. The zero-order valence-corrected chi connectivity index (χ0v) is 18.6. The number of halogens is 1. The largest absolute Gasteiger partial charge is 0.493 e. The Bertz CT molecular complexity index is 856. The fourth-order valence-electron chi connectivity index (χ4n) is 2.99. The van der Waals surface area contributed by atoms with Gasteiger partial charge in [0, 0.05) is 13.0 Å². The molecule has 6 nitrogen and oxygen atoms in total. The third-order valence-corrected chi connectivity index (χ3v) is 4.62. The summed E-state index contributed by atoms with van der Waals surface area (Å²) in [5.74, 6) is 0.698. The van der Waals surface area contributed by atoms with E-state index in [1.54, 1.807) is 12.1 Å². The van der Waals surface area contributed by atoms with E-state index in [0.29, 0.717) is 29.5 Å². The molecule has 0 bridgehead atoms. The quantitative estimate of drug-likeness (QED) is 0.587. The number of carbonyl (C=O) groups excluding carboxylic acids is 2. The summed E-state index contributed by atoms with van der Waals surface area (Å²) < 4.78 is 10.9. The second-order valence-corrected chi connectivity index (χ2v) is 7.68. The average Bonchev–Trinajstić information content (AvgIpc) is 2.72. The molecular formula is C23H29ClN2O4. The van der Waals surface area contributed by atoms with E-state index in [0.717, 1.165) is 11.1 Å². The van der Waals surface area contributed by atoms with Gasteiger partial charge in [-0.2, -0.15) is 0 Å². The van der Waals surface area contributed by atoms with Gasteiger partial charge in [-0.15, -0.1) is 0 Å². The van der Waals surface area contributed by atoms with Crippen LogP contribution in [0.15, 0.2) is 42.5 Å². The highest BCUT2D eigenvalue weighted by Gasteiger charge is 2.23. The maximum absolute atomic E-state index is 12.9. The second kappa shape index (κ2) is 11.5. The summed E-state index contributed by atoms with van der Waals surface area (Å²) in [5.41, 5.74) is 1.48. The van der Waals surface area contributed by atoms with E-state index >= 15 is 0 Å². The lowest BCUT2D eigenvalue weighted by Crippen LogP contribution is -2.40. The van der Waals surface area contributed by atoms with E-state index in [4.69, 9.17) is 21.1 Å². The van der Waals surface area contributed by atoms with Gasteiger partial charge in [0.2, 0.25) is 11.8 Å². The molecule has 0 spiro atoms. The molecule has 0 saturated heterocycles. The van der Waals surface area contributed by atoms with Crippen molar-refractivity contribution in [3.63, 3.8) is 0 Å². The van der Waals surface area contributed by atoms with Crippen LogP contribution in [0.25, 0.3) is 0 Å². The first-order valence-corrected chi connectivity index (χ1v) is 10.3. The normalized spacial score (nSPS) is 11.7. The zero-order chi connectivity index (χ0) is 22.1. The second-order valence-electron chi connectivity index (χ2n) is 7.27. The molecule has 2 aromatic carbocycles. The average molecular weight is 433 g/mol. The molecule has 0 fully saturated rings. The van der Waals surface area contributed by atoms with E-state index < -0.39 is 6.04 Å². The highest BCUT2D eigenvalue weighted by atomic mass is 35.5. The fraction of sp³-hybridized carbons (Fsp3) is 0.391. The minimum absolute atomic E-state index is 0.167. The van der Waals surface area contributed by atoms with Gasteiger partial charge >= 0.3 is 0 Å². The Morgan fingerprint density at radius 1 is 1.13 bits per heavy atom. The van der Waals surface area contributed by atoms with Gasteiger partial charge in [-0.25, -0.2) is 0 Å². The van der Waals surface area contributed by atoms with Gasteiger partial charge in [0.05, 0.1) is 18.7 Å². The van der Waals surface area contributed by atoms with Crippen LogP contribution in [0.1, 0.15) is 44.4 Å². The van der Waals surface area contributed by atoms with Crippen molar-refractivity contribution in [3.05, 3.63) is 58.6 Å². The molecule has 7 heteroatoms. The van der Waals surface area contributed by atoms with Crippen LogP contribution in [0.5, 0.6) is 11.5 Å². The van der Waals surface area contributed by atoms with E-state index in [1.165, 1.54) is 7.11 Å². The summed E-state index contributed by atoms with van der Waals surface area (Å²) in [6.07, 6.45) is 0.350.